The van der Waals surface area contributed by atoms with E-state index in [2.05, 4.69) is 18.0 Å². The monoisotopic (exact) mass is 288 g/mol. The number of aldehydes is 1. The third kappa shape index (κ3) is 4.83. The van der Waals surface area contributed by atoms with Crippen LogP contribution >= 0.6 is 0 Å². The number of carbonyl (C=O) groups is 2. The van der Waals surface area contributed by atoms with Gasteiger partial charge in [-0.1, -0.05) is 36.4 Å². The number of carbonyl (C=O) groups excluding carboxylic acids is 2. The summed E-state index contributed by atoms with van der Waals surface area (Å²) in [4.78, 5) is 24.5. The van der Waals surface area contributed by atoms with E-state index in [1.54, 1.807) is 7.05 Å². The molecule has 0 radical (unpaired) electrons. The van der Waals surface area contributed by atoms with Crippen LogP contribution in [0.2, 0.25) is 0 Å². The van der Waals surface area contributed by atoms with E-state index in [1.807, 2.05) is 37.1 Å². The summed E-state index contributed by atoms with van der Waals surface area (Å²) in [6.07, 6.45) is 3.58. The summed E-state index contributed by atoms with van der Waals surface area (Å²) in [6, 6.07) is 5.88. The molecule has 0 saturated carbocycles. The molecule has 0 aliphatic carbocycles. The molecule has 0 aliphatic heterocycles. The van der Waals surface area contributed by atoms with Crippen LogP contribution in [0.1, 0.15) is 29.5 Å². The maximum Gasteiger partial charge on any atom is 0.237 e. The Hall–Kier alpha value is -1.94. The van der Waals surface area contributed by atoms with E-state index in [9.17, 15) is 9.59 Å². The molecule has 0 fully saturated rings. The molecule has 0 saturated heterocycles. The minimum absolute atomic E-state index is 0.0628. The lowest BCUT2D eigenvalue weighted by atomic mass is 10.0. The molecule has 1 amide bonds. The number of hydrogen-bond acceptors (Lipinski definition) is 3. The van der Waals surface area contributed by atoms with Crippen molar-refractivity contribution in [2.75, 3.05) is 14.1 Å². The summed E-state index contributed by atoms with van der Waals surface area (Å²) < 4.78 is 0. The zero-order chi connectivity index (χ0) is 15.8. The largest absolute Gasteiger partial charge is 0.358 e. The summed E-state index contributed by atoms with van der Waals surface area (Å²) in [5.41, 5.74) is 3.37. The molecule has 1 N–H and O–H groups in total. The van der Waals surface area contributed by atoms with Crippen LogP contribution < -0.4 is 5.32 Å². The van der Waals surface area contributed by atoms with Crippen molar-refractivity contribution in [1.82, 2.24) is 10.2 Å². The SMILES string of the molecule is C=Cc1ccc(C)cc1CN(C)C(CCC=O)C(=O)NC. The molecule has 1 rings (SSSR count). The summed E-state index contributed by atoms with van der Waals surface area (Å²) in [7, 11) is 3.52. The average molecular weight is 288 g/mol. The molecule has 0 bridgehead atoms. The Bertz CT molecular complexity index is 512. The zero-order valence-electron chi connectivity index (χ0n) is 13.1. The Balaban J connectivity index is 2.92. The first-order chi connectivity index (χ1) is 10.0. The van der Waals surface area contributed by atoms with E-state index in [0.29, 0.717) is 19.4 Å². The number of nitrogens with one attached hydrogen (secondary N) is 1. The van der Waals surface area contributed by atoms with Gasteiger partial charge < -0.3 is 10.1 Å². The van der Waals surface area contributed by atoms with Gasteiger partial charge in [-0.05, 0) is 31.5 Å². The van der Waals surface area contributed by atoms with E-state index >= 15 is 0 Å². The minimum Gasteiger partial charge on any atom is -0.358 e. The van der Waals surface area contributed by atoms with Crippen LogP contribution in [0.3, 0.4) is 0 Å². The van der Waals surface area contributed by atoms with Crippen LogP contribution in [0, 0.1) is 6.92 Å². The summed E-state index contributed by atoms with van der Waals surface area (Å²) in [6.45, 7) is 6.51. The fourth-order valence-electron chi connectivity index (χ4n) is 2.39. The van der Waals surface area contributed by atoms with Gasteiger partial charge in [0.2, 0.25) is 5.91 Å². The lowest BCUT2D eigenvalue weighted by Crippen LogP contribution is -2.43. The number of amides is 1. The smallest absolute Gasteiger partial charge is 0.237 e. The van der Waals surface area contributed by atoms with Gasteiger partial charge in [0.05, 0.1) is 6.04 Å². The molecule has 21 heavy (non-hydrogen) atoms. The maximum atomic E-state index is 12.0. The second-order valence-corrected chi connectivity index (χ2v) is 5.20. The van der Waals surface area contributed by atoms with E-state index in [-0.39, 0.29) is 11.9 Å². The highest BCUT2D eigenvalue weighted by Crippen LogP contribution is 2.17. The predicted molar refractivity (Wildman–Crippen MR) is 85.9 cm³/mol. The first-order valence-corrected chi connectivity index (χ1v) is 7.11. The van der Waals surface area contributed by atoms with Crippen LogP contribution in [0.15, 0.2) is 24.8 Å². The van der Waals surface area contributed by atoms with Crippen LogP contribution in [-0.4, -0.2) is 37.2 Å². The molecule has 4 nitrogen and oxygen atoms in total. The van der Waals surface area contributed by atoms with Gasteiger partial charge >= 0.3 is 0 Å². The van der Waals surface area contributed by atoms with Gasteiger partial charge in [-0.2, -0.15) is 0 Å². The molecule has 114 valence electrons. The van der Waals surface area contributed by atoms with Gasteiger partial charge in [0.25, 0.3) is 0 Å². The molecule has 1 unspecified atom stereocenters. The number of hydrogen-bond donors (Lipinski definition) is 1. The van der Waals surface area contributed by atoms with Crippen molar-refractivity contribution in [1.29, 1.82) is 0 Å². The Morgan fingerprint density at radius 3 is 2.76 bits per heavy atom. The predicted octanol–water partition coefficient (Wildman–Crippen LogP) is 2.16. The van der Waals surface area contributed by atoms with Crippen molar-refractivity contribution >= 4 is 18.3 Å². The highest BCUT2D eigenvalue weighted by Gasteiger charge is 2.22. The van der Waals surface area contributed by atoms with E-state index in [4.69, 9.17) is 0 Å². The molecule has 1 atom stereocenters. The van der Waals surface area contributed by atoms with Crippen molar-refractivity contribution in [3.05, 3.63) is 41.5 Å². The van der Waals surface area contributed by atoms with Gasteiger partial charge in [-0.3, -0.25) is 9.69 Å². The molecule has 0 aliphatic rings. The third-order valence-corrected chi connectivity index (χ3v) is 3.58. The Labute approximate surface area is 126 Å². The quantitative estimate of drug-likeness (QED) is 0.746. The molecule has 0 aromatic heterocycles. The minimum atomic E-state index is -0.307. The molecule has 4 heteroatoms. The number of rotatable bonds is 8. The fraction of sp³-hybridized carbons (Fsp3) is 0.412. The summed E-state index contributed by atoms with van der Waals surface area (Å²) in [5, 5.41) is 2.66. The Morgan fingerprint density at radius 2 is 2.19 bits per heavy atom. The summed E-state index contributed by atoms with van der Waals surface area (Å²) in [5.74, 6) is -0.0628. The molecule has 0 heterocycles. The van der Waals surface area contributed by atoms with E-state index in [1.165, 1.54) is 5.56 Å². The van der Waals surface area contributed by atoms with Gasteiger partial charge in [-0.15, -0.1) is 0 Å². The molecule has 0 spiro atoms. The van der Waals surface area contributed by atoms with Crippen LogP contribution in [-0.2, 0) is 16.1 Å². The standard InChI is InChI=1S/C17H24N2O2/c1-5-14-9-8-13(2)11-15(14)12-19(4)16(7-6-10-20)17(21)18-3/h5,8-11,16H,1,6-7,12H2,2-4H3,(H,18,21). The highest BCUT2D eigenvalue weighted by molar-refractivity contribution is 5.81. The number of benzene rings is 1. The van der Waals surface area contributed by atoms with Gasteiger partial charge in [-0.25, -0.2) is 0 Å². The Kier molecular flexibility index (Phi) is 6.82. The third-order valence-electron chi connectivity index (χ3n) is 3.58. The molecular formula is C17H24N2O2. The Morgan fingerprint density at radius 1 is 1.48 bits per heavy atom. The first kappa shape index (κ1) is 17.1. The topological polar surface area (TPSA) is 49.4 Å². The second-order valence-electron chi connectivity index (χ2n) is 5.20. The van der Waals surface area contributed by atoms with Crippen LogP contribution in [0.25, 0.3) is 6.08 Å². The normalized spacial score (nSPS) is 12.0. The number of nitrogens with zero attached hydrogens (tertiary/aromatic N) is 1. The average Bonchev–Trinajstić information content (AvgIpc) is 2.47. The summed E-state index contributed by atoms with van der Waals surface area (Å²) >= 11 is 0. The number of likely N-dealkylation sites (N-methyl/N-ethyl adjacent to an activating group) is 2. The zero-order valence-corrected chi connectivity index (χ0v) is 13.1. The number of aryl methyl sites for hydroxylation is 1. The fourth-order valence-corrected chi connectivity index (χ4v) is 2.39. The highest BCUT2D eigenvalue weighted by atomic mass is 16.2. The van der Waals surface area contributed by atoms with Gasteiger partial charge in [0.15, 0.2) is 0 Å². The molecular weight excluding hydrogens is 264 g/mol. The first-order valence-electron chi connectivity index (χ1n) is 7.11. The molecule has 1 aromatic carbocycles. The lowest BCUT2D eigenvalue weighted by Gasteiger charge is -2.27. The van der Waals surface area contributed by atoms with Crippen molar-refractivity contribution < 1.29 is 9.59 Å². The van der Waals surface area contributed by atoms with Crippen molar-refractivity contribution in [3.63, 3.8) is 0 Å². The molecule has 1 aromatic rings. The van der Waals surface area contributed by atoms with Gasteiger partial charge in [0.1, 0.15) is 6.29 Å². The van der Waals surface area contributed by atoms with Crippen molar-refractivity contribution in [3.8, 4) is 0 Å². The van der Waals surface area contributed by atoms with Crippen LogP contribution in [0.5, 0.6) is 0 Å². The maximum absolute atomic E-state index is 12.0. The lowest BCUT2D eigenvalue weighted by molar-refractivity contribution is -0.126. The van der Waals surface area contributed by atoms with Gasteiger partial charge in [0, 0.05) is 20.0 Å². The second kappa shape index (κ2) is 8.37. The van der Waals surface area contributed by atoms with E-state index in [0.717, 1.165) is 17.4 Å². The van der Waals surface area contributed by atoms with E-state index < -0.39 is 0 Å². The van der Waals surface area contributed by atoms with Crippen molar-refractivity contribution in [2.24, 2.45) is 0 Å². The van der Waals surface area contributed by atoms with Crippen LogP contribution in [0.4, 0.5) is 0 Å². The van der Waals surface area contributed by atoms with Crippen molar-refractivity contribution in [2.45, 2.75) is 32.4 Å².